The molecule has 0 radical (unpaired) electrons. The molecule has 4 nitrogen and oxygen atoms in total. The summed E-state index contributed by atoms with van der Waals surface area (Å²) in [5, 5.41) is 0. The van der Waals surface area contributed by atoms with Crippen LogP contribution in [-0.2, 0) is 14.2 Å². The molecule has 4 heterocycles. The molecule has 4 heteroatoms. The summed E-state index contributed by atoms with van der Waals surface area (Å²) in [4.78, 5) is 3.35. The summed E-state index contributed by atoms with van der Waals surface area (Å²) in [6.07, 6.45) is 6.53. The standard InChI is InChI=1S/C19H27NO3/c1-11-6-7-14-12(2)16(15-5-4-10-20-15)21-17-19(14)13(11)8-9-18(3,22-17)23-19/h4-5,10-14,16-17,20H,6-9H2,1-3H3/t11-,12-,13?,14?,16?,17-,18-,19-/m1/s1. The number of H-pyrrole nitrogens is 1. The lowest BCUT2D eigenvalue weighted by atomic mass is 9.56. The van der Waals surface area contributed by atoms with Crippen molar-refractivity contribution in [1.82, 2.24) is 4.98 Å². The predicted molar refractivity (Wildman–Crippen MR) is 85.5 cm³/mol. The van der Waals surface area contributed by atoms with E-state index in [4.69, 9.17) is 14.2 Å². The van der Waals surface area contributed by atoms with E-state index in [0.717, 1.165) is 12.1 Å². The first-order valence-electron chi connectivity index (χ1n) is 9.20. The second kappa shape index (κ2) is 4.62. The van der Waals surface area contributed by atoms with E-state index in [1.54, 1.807) is 0 Å². The summed E-state index contributed by atoms with van der Waals surface area (Å²) >= 11 is 0. The van der Waals surface area contributed by atoms with Crippen molar-refractivity contribution in [1.29, 1.82) is 0 Å². The summed E-state index contributed by atoms with van der Waals surface area (Å²) in [6.45, 7) is 6.82. The zero-order valence-electron chi connectivity index (χ0n) is 14.2. The van der Waals surface area contributed by atoms with Crippen LogP contribution in [0.3, 0.4) is 0 Å². The molecule has 5 rings (SSSR count). The van der Waals surface area contributed by atoms with Crippen molar-refractivity contribution in [3.05, 3.63) is 24.0 Å². The van der Waals surface area contributed by atoms with E-state index in [-0.39, 0.29) is 18.0 Å². The molecule has 1 aromatic heterocycles. The Balaban J connectivity index is 1.59. The molecule has 3 aliphatic heterocycles. The van der Waals surface area contributed by atoms with E-state index in [1.165, 1.54) is 19.3 Å². The van der Waals surface area contributed by atoms with Crippen molar-refractivity contribution in [2.75, 3.05) is 0 Å². The Kier molecular flexibility index (Phi) is 2.91. The highest BCUT2D eigenvalue weighted by Crippen LogP contribution is 2.64. The first-order valence-corrected chi connectivity index (χ1v) is 9.20. The zero-order chi connectivity index (χ0) is 15.8. The summed E-state index contributed by atoms with van der Waals surface area (Å²) in [7, 11) is 0. The Morgan fingerprint density at radius 3 is 2.83 bits per heavy atom. The molecule has 1 saturated carbocycles. The van der Waals surface area contributed by atoms with Gasteiger partial charge in [-0.15, -0.1) is 0 Å². The van der Waals surface area contributed by atoms with Crippen LogP contribution in [0.4, 0.5) is 0 Å². The molecule has 2 bridgehead atoms. The van der Waals surface area contributed by atoms with Crippen molar-refractivity contribution in [3.8, 4) is 0 Å². The quantitative estimate of drug-likeness (QED) is 0.851. The molecule has 23 heavy (non-hydrogen) atoms. The molecule has 126 valence electrons. The van der Waals surface area contributed by atoms with Gasteiger partial charge in [0.25, 0.3) is 0 Å². The topological polar surface area (TPSA) is 43.5 Å². The monoisotopic (exact) mass is 317 g/mol. The number of aromatic amines is 1. The number of aromatic nitrogens is 1. The fraction of sp³-hybridized carbons (Fsp3) is 0.789. The number of fused-ring (bicyclic) bond motifs is 1. The van der Waals surface area contributed by atoms with Crippen LogP contribution in [0.2, 0.25) is 0 Å². The van der Waals surface area contributed by atoms with Gasteiger partial charge in [0.2, 0.25) is 0 Å². The summed E-state index contributed by atoms with van der Waals surface area (Å²) < 4.78 is 19.6. The van der Waals surface area contributed by atoms with Gasteiger partial charge in [0.1, 0.15) is 11.7 Å². The smallest absolute Gasteiger partial charge is 0.191 e. The molecule has 1 aromatic rings. The van der Waals surface area contributed by atoms with Crippen molar-refractivity contribution in [2.24, 2.45) is 23.7 Å². The van der Waals surface area contributed by atoms with Gasteiger partial charge in [0.05, 0.1) is 0 Å². The van der Waals surface area contributed by atoms with E-state index < -0.39 is 5.79 Å². The molecule has 1 aliphatic carbocycles. The van der Waals surface area contributed by atoms with Gasteiger partial charge >= 0.3 is 0 Å². The van der Waals surface area contributed by atoms with Gasteiger partial charge in [-0.25, -0.2) is 0 Å². The minimum absolute atomic E-state index is 0.0752. The molecule has 3 saturated heterocycles. The van der Waals surface area contributed by atoms with Crippen molar-refractivity contribution >= 4 is 0 Å². The normalized spacial score (nSPS) is 54.7. The molecule has 4 fully saturated rings. The zero-order valence-corrected chi connectivity index (χ0v) is 14.2. The Morgan fingerprint density at radius 1 is 1.17 bits per heavy atom. The number of rotatable bonds is 1. The molecule has 8 atom stereocenters. The lowest BCUT2D eigenvalue weighted by Crippen LogP contribution is -2.64. The third kappa shape index (κ3) is 1.77. The minimum Gasteiger partial charge on any atom is -0.363 e. The van der Waals surface area contributed by atoms with Gasteiger partial charge in [0.15, 0.2) is 12.1 Å². The SMILES string of the molecule is C[C@H]1C(c2ccc[nH]2)O[C@@H]2O[C@@]3(C)CCC4[C@H](C)CCC1[C@]42O3. The van der Waals surface area contributed by atoms with E-state index >= 15 is 0 Å². The second-order valence-corrected chi connectivity index (χ2v) is 8.39. The second-order valence-electron chi connectivity index (χ2n) is 8.39. The number of nitrogens with one attached hydrogen (secondary N) is 1. The van der Waals surface area contributed by atoms with Crippen LogP contribution in [0.15, 0.2) is 18.3 Å². The molecule has 3 unspecified atom stereocenters. The van der Waals surface area contributed by atoms with Crippen LogP contribution >= 0.6 is 0 Å². The van der Waals surface area contributed by atoms with Gasteiger partial charge in [-0.05, 0) is 62.0 Å². The van der Waals surface area contributed by atoms with Crippen LogP contribution in [0, 0.1) is 23.7 Å². The van der Waals surface area contributed by atoms with Gasteiger partial charge in [0, 0.05) is 18.3 Å². The predicted octanol–water partition coefficient (Wildman–Crippen LogP) is 4.01. The Morgan fingerprint density at radius 2 is 2.04 bits per heavy atom. The van der Waals surface area contributed by atoms with Gasteiger partial charge in [-0.2, -0.15) is 0 Å². The number of hydrogen-bond acceptors (Lipinski definition) is 3. The molecule has 0 aromatic carbocycles. The number of ether oxygens (including phenoxy) is 3. The lowest BCUT2D eigenvalue weighted by Gasteiger charge is -2.58. The van der Waals surface area contributed by atoms with E-state index in [1.807, 2.05) is 12.3 Å². The fourth-order valence-electron chi connectivity index (χ4n) is 6.05. The third-order valence-corrected chi connectivity index (χ3v) is 7.12. The van der Waals surface area contributed by atoms with Gasteiger partial charge in [-0.3, -0.25) is 0 Å². The van der Waals surface area contributed by atoms with Crippen LogP contribution in [0.1, 0.15) is 58.3 Å². The first-order chi connectivity index (χ1) is 11.0. The first kappa shape index (κ1) is 14.5. The molecule has 1 spiro atoms. The Bertz CT molecular complexity index is 602. The highest BCUT2D eigenvalue weighted by molar-refractivity contribution is 5.17. The molecular formula is C19H27NO3. The van der Waals surface area contributed by atoms with Crippen LogP contribution < -0.4 is 0 Å². The largest absolute Gasteiger partial charge is 0.363 e. The van der Waals surface area contributed by atoms with Crippen LogP contribution in [0.25, 0.3) is 0 Å². The van der Waals surface area contributed by atoms with Gasteiger partial charge < -0.3 is 19.2 Å². The molecule has 4 aliphatic rings. The maximum absolute atomic E-state index is 6.69. The van der Waals surface area contributed by atoms with E-state index in [9.17, 15) is 0 Å². The highest BCUT2D eigenvalue weighted by Gasteiger charge is 2.71. The molecule has 1 N–H and O–H groups in total. The number of hydrogen-bond donors (Lipinski definition) is 1. The highest BCUT2D eigenvalue weighted by atomic mass is 16.8. The average Bonchev–Trinajstić information content (AvgIpc) is 3.10. The molecule has 0 amide bonds. The van der Waals surface area contributed by atoms with Crippen LogP contribution in [0.5, 0.6) is 0 Å². The third-order valence-electron chi connectivity index (χ3n) is 7.12. The van der Waals surface area contributed by atoms with Crippen molar-refractivity contribution in [2.45, 2.75) is 70.2 Å². The fourth-order valence-corrected chi connectivity index (χ4v) is 6.05. The maximum atomic E-state index is 6.69. The average molecular weight is 317 g/mol. The van der Waals surface area contributed by atoms with E-state index in [0.29, 0.717) is 23.7 Å². The minimum atomic E-state index is -0.458. The van der Waals surface area contributed by atoms with Gasteiger partial charge in [-0.1, -0.05) is 13.8 Å². The van der Waals surface area contributed by atoms with Crippen LogP contribution in [-0.4, -0.2) is 22.7 Å². The lowest BCUT2D eigenvalue weighted by molar-refractivity contribution is -0.290. The van der Waals surface area contributed by atoms with Crippen molar-refractivity contribution < 1.29 is 14.2 Å². The Hall–Kier alpha value is -0.840. The summed E-state index contributed by atoms with van der Waals surface area (Å²) in [6, 6.07) is 4.18. The summed E-state index contributed by atoms with van der Waals surface area (Å²) in [5.41, 5.74) is 0.936. The van der Waals surface area contributed by atoms with E-state index in [2.05, 4.69) is 31.8 Å². The summed E-state index contributed by atoms with van der Waals surface area (Å²) in [5.74, 6) is 1.74. The Labute approximate surface area is 137 Å². The van der Waals surface area contributed by atoms with Crippen molar-refractivity contribution in [3.63, 3.8) is 0 Å². The maximum Gasteiger partial charge on any atom is 0.191 e. The molecular weight excluding hydrogens is 290 g/mol.